The highest BCUT2D eigenvalue weighted by Crippen LogP contribution is 2.29. The number of para-hydroxylation sites is 1. The number of nitrogens with zero attached hydrogens (tertiary/aromatic N) is 1. The summed E-state index contributed by atoms with van der Waals surface area (Å²) >= 11 is 7.46. The predicted molar refractivity (Wildman–Crippen MR) is 86.4 cm³/mol. The Morgan fingerprint density at radius 2 is 1.95 bits per heavy atom. The van der Waals surface area contributed by atoms with Crippen LogP contribution in [0.2, 0.25) is 5.02 Å². The first-order valence-corrected chi connectivity index (χ1v) is 7.43. The summed E-state index contributed by atoms with van der Waals surface area (Å²) in [4.78, 5) is 14.6. The molecule has 0 spiro atoms. The number of nitrogens with two attached hydrogens (primary N) is 1. The first kappa shape index (κ1) is 14.8. The predicted octanol–water partition coefficient (Wildman–Crippen LogP) is 3.68. The van der Waals surface area contributed by atoms with E-state index in [0.29, 0.717) is 16.5 Å². The van der Waals surface area contributed by atoms with Gasteiger partial charge < -0.3 is 10.6 Å². The zero-order chi connectivity index (χ0) is 14.5. The van der Waals surface area contributed by atoms with Crippen molar-refractivity contribution in [3.8, 4) is 0 Å². The summed E-state index contributed by atoms with van der Waals surface area (Å²) in [6, 6.07) is 14.8. The van der Waals surface area contributed by atoms with Crippen LogP contribution < -0.4 is 10.6 Å². The van der Waals surface area contributed by atoms with Crippen molar-refractivity contribution in [2.45, 2.75) is 4.90 Å². The molecular formula is C15H15ClN2OS. The maximum atomic E-state index is 12.1. The highest BCUT2D eigenvalue weighted by atomic mass is 35.5. The standard InChI is InChI=1S/C15H15ClN2OS/c1-18(12-5-3-2-4-6-12)15(19)10-20-14-9-11(17)7-8-13(14)16/h2-9H,10,17H2,1H3. The number of hydrogen-bond donors (Lipinski definition) is 1. The molecule has 20 heavy (non-hydrogen) atoms. The lowest BCUT2D eigenvalue weighted by Gasteiger charge is -2.17. The van der Waals surface area contributed by atoms with E-state index in [1.165, 1.54) is 11.8 Å². The number of anilines is 2. The molecular weight excluding hydrogens is 292 g/mol. The fourth-order valence-corrected chi connectivity index (χ4v) is 2.84. The molecule has 2 aromatic carbocycles. The number of amides is 1. The van der Waals surface area contributed by atoms with E-state index in [0.717, 1.165) is 10.6 Å². The van der Waals surface area contributed by atoms with Gasteiger partial charge in [-0.2, -0.15) is 0 Å². The molecule has 0 heterocycles. The molecule has 0 fully saturated rings. The summed E-state index contributed by atoms with van der Waals surface area (Å²) in [6.07, 6.45) is 0. The second-order valence-corrected chi connectivity index (χ2v) is 5.69. The Bertz CT molecular complexity index is 604. The number of thioether (sulfide) groups is 1. The van der Waals surface area contributed by atoms with Crippen LogP contribution in [-0.2, 0) is 4.79 Å². The summed E-state index contributed by atoms with van der Waals surface area (Å²) in [5.74, 6) is 0.328. The molecule has 5 heteroatoms. The van der Waals surface area contributed by atoms with Crippen molar-refractivity contribution < 1.29 is 4.79 Å². The fourth-order valence-electron chi connectivity index (χ4n) is 1.66. The van der Waals surface area contributed by atoms with Gasteiger partial charge in [0.25, 0.3) is 0 Å². The Hall–Kier alpha value is -1.65. The first-order chi connectivity index (χ1) is 9.58. The molecule has 3 nitrogen and oxygen atoms in total. The third-order valence-corrected chi connectivity index (χ3v) is 4.31. The van der Waals surface area contributed by atoms with Gasteiger partial charge in [0.1, 0.15) is 0 Å². The van der Waals surface area contributed by atoms with Gasteiger partial charge in [-0.3, -0.25) is 4.79 Å². The van der Waals surface area contributed by atoms with Gasteiger partial charge in [0.05, 0.1) is 10.8 Å². The Morgan fingerprint density at radius 3 is 2.65 bits per heavy atom. The topological polar surface area (TPSA) is 46.3 Å². The van der Waals surface area contributed by atoms with Gasteiger partial charge in [-0.25, -0.2) is 0 Å². The van der Waals surface area contributed by atoms with E-state index < -0.39 is 0 Å². The molecule has 0 unspecified atom stereocenters. The Kier molecular flexibility index (Phi) is 4.93. The van der Waals surface area contributed by atoms with E-state index in [1.807, 2.05) is 30.3 Å². The van der Waals surface area contributed by atoms with E-state index in [9.17, 15) is 4.79 Å². The molecule has 0 aliphatic heterocycles. The van der Waals surface area contributed by atoms with Crippen molar-refractivity contribution in [3.05, 3.63) is 53.6 Å². The van der Waals surface area contributed by atoms with Crippen molar-refractivity contribution in [1.29, 1.82) is 0 Å². The molecule has 0 aliphatic rings. The molecule has 1 amide bonds. The van der Waals surface area contributed by atoms with Crippen LogP contribution in [0.3, 0.4) is 0 Å². The molecule has 0 atom stereocenters. The van der Waals surface area contributed by atoms with Crippen LogP contribution >= 0.6 is 23.4 Å². The number of rotatable bonds is 4. The van der Waals surface area contributed by atoms with Crippen LogP contribution in [0.15, 0.2) is 53.4 Å². The normalized spacial score (nSPS) is 10.3. The molecule has 0 bridgehead atoms. The minimum absolute atomic E-state index is 0.0136. The quantitative estimate of drug-likeness (QED) is 0.692. The molecule has 0 aromatic heterocycles. The summed E-state index contributed by atoms with van der Waals surface area (Å²) < 4.78 is 0. The van der Waals surface area contributed by atoms with Crippen LogP contribution in [0.25, 0.3) is 0 Å². The largest absolute Gasteiger partial charge is 0.399 e. The van der Waals surface area contributed by atoms with Crippen molar-refractivity contribution in [2.24, 2.45) is 0 Å². The lowest BCUT2D eigenvalue weighted by atomic mass is 10.3. The van der Waals surface area contributed by atoms with Gasteiger partial charge >= 0.3 is 0 Å². The molecule has 2 rings (SSSR count). The van der Waals surface area contributed by atoms with Crippen LogP contribution in [0.4, 0.5) is 11.4 Å². The lowest BCUT2D eigenvalue weighted by Crippen LogP contribution is -2.27. The van der Waals surface area contributed by atoms with E-state index in [1.54, 1.807) is 30.1 Å². The maximum absolute atomic E-state index is 12.1. The van der Waals surface area contributed by atoms with E-state index >= 15 is 0 Å². The van der Waals surface area contributed by atoms with E-state index in [4.69, 9.17) is 17.3 Å². The number of carbonyl (C=O) groups excluding carboxylic acids is 1. The average Bonchev–Trinajstić information content (AvgIpc) is 2.48. The minimum Gasteiger partial charge on any atom is -0.399 e. The third kappa shape index (κ3) is 3.68. The molecule has 104 valence electrons. The van der Waals surface area contributed by atoms with Gasteiger partial charge in [-0.1, -0.05) is 29.8 Å². The Balaban J connectivity index is 2.00. The number of hydrogen-bond acceptors (Lipinski definition) is 3. The first-order valence-electron chi connectivity index (χ1n) is 6.07. The smallest absolute Gasteiger partial charge is 0.237 e. The minimum atomic E-state index is 0.0136. The summed E-state index contributed by atoms with van der Waals surface area (Å²) in [7, 11) is 1.76. The number of nitrogen functional groups attached to an aromatic ring is 1. The molecule has 0 radical (unpaired) electrons. The molecule has 2 N–H and O–H groups in total. The second-order valence-electron chi connectivity index (χ2n) is 4.27. The molecule has 0 saturated carbocycles. The number of carbonyl (C=O) groups is 1. The zero-order valence-electron chi connectivity index (χ0n) is 11.0. The SMILES string of the molecule is CN(C(=O)CSc1cc(N)ccc1Cl)c1ccccc1. The Labute approximate surface area is 127 Å². The number of benzene rings is 2. The van der Waals surface area contributed by atoms with Crippen LogP contribution in [-0.4, -0.2) is 18.7 Å². The second kappa shape index (κ2) is 6.68. The highest BCUT2D eigenvalue weighted by Gasteiger charge is 2.12. The van der Waals surface area contributed by atoms with Gasteiger partial charge in [-0.05, 0) is 30.3 Å². The zero-order valence-corrected chi connectivity index (χ0v) is 12.6. The van der Waals surface area contributed by atoms with Crippen LogP contribution in [0, 0.1) is 0 Å². The van der Waals surface area contributed by atoms with Crippen molar-refractivity contribution in [1.82, 2.24) is 0 Å². The molecule has 0 aliphatic carbocycles. The van der Waals surface area contributed by atoms with Gasteiger partial charge in [0.15, 0.2) is 0 Å². The van der Waals surface area contributed by atoms with Gasteiger partial charge in [0.2, 0.25) is 5.91 Å². The summed E-state index contributed by atoms with van der Waals surface area (Å²) in [5.41, 5.74) is 7.23. The third-order valence-electron chi connectivity index (χ3n) is 2.82. The van der Waals surface area contributed by atoms with Crippen LogP contribution in [0.1, 0.15) is 0 Å². The lowest BCUT2D eigenvalue weighted by molar-refractivity contribution is -0.115. The van der Waals surface area contributed by atoms with E-state index in [2.05, 4.69) is 0 Å². The molecule has 2 aromatic rings. The highest BCUT2D eigenvalue weighted by molar-refractivity contribution is 8.00. The molecule has 0 saturated heterocycles. The van der Waals surface area contributed by atoms with Gasteiger partial charge in [0, 0.05) is 23.3 Å². The van der Waals surface area contributed by atoms with Crippen molar-refractivity contribution in [3.63, 3.8) is 0 Å². The van der Waals surface area contributed by atoms with E-state index in [-0.39, 0.29) is 5.91 Å². The Morgan fingerprint density at radius 1 is 1.25 bits per heavy atom. The van der Waals surface area contributed by atoms with Crippen LogP contribution in [0.5, 0.6) is 0 Å². The summed E-state index contributed by atoms with van der Waals surface area (Å²) in [6.45, 7) is 0. The monoisotopic (exact) mass is 306 g/mol. The fraction of sp³-hybridized carbons (Fsp3) is 0.133. The maximum Gasteiger partial charge on any atom is 0.237 e. The van der Waals surface area contributed by atoms with Crippen molar-refractivity contribution >= 4 is 40.6 Å². The van der Waals surface area contributed by atoms with Gasteiger partial charge in [-0.15, -0.1) is 11.8 Å². The average molecular weight is 307 g/mol. The number of halogens is 1. The van der Waals surface area contributed by atoms with Crippen molar-refractivity contribution in [2.75, 3.05) is 23.4 Å². The summed E-state index contributed by atoms with van der Waals surface area (Å²) in [5, 5.41) is 0.611.